The number of anilines is 1. The van der Waals surface area contributed by atoms with Crippen LogP contribution in [0.1, 0.15) is 26.2 Å². The molecule has 1 aromatic rings. The monoisotopic (exact) mass is 276 g/mol. The maximum Gasteiger partial charge on any atom is 0.157 e. The maximum absolute atomic E-state index is 13.1. The predicted octanol–water partition coefficient (Wildman–Crippen LogP) is 3.69. The first-order valence-corrected chi connectivity index (χ1v) is 5.21. The average molecular weight is 276 g/mol. The summed E-state index contributed by atoms with van der Waals surface area (Å²) < 4.78 is 25.6. The molecule has 1 rings (SSSR count). The molecular weight excluding hydrogens is 264 g/mol. The zero-order valence-electron chi connectivity index (χ0n) is 8.94. The van der Waals surface area contributed by atoms with Crippen molar-refractivity contribution in [3.8, 4) is 0 Å². The van der Waals surface area contributed by atoms with Crippen molar-refractivity contribution >= 4 is 22.9 Å². The number of rotatable bonds is 4. The molecule has 1 N–H and O–H groups in total. The first kappa shape index (κ1) is 15.7. The first-order valence-electron chi connectivity index (χ1n) is 4.80. The molecule has 1 aromatic carbocycles. The van der Waals surface area contributed by atoms with E-state index >= 15 is 0 Å². The van der Waals surface area contributed by atoms with Crippen molar-refractivity contribution in [2.24, 2.45) is 0 Å². The fourth-order valence-corrected chi connectivity index (χ4v) is 1.34. The number of unbranched alkanes of at least 4 members (excludes halogenated alkanes) is 1. The predicted molar refractivity (Wildman–Crippen MR) is 60.9 cm³/mol. The summed E-state index contributed by atoms with van der Waals surface area (Å²) >= 11 is 5.01. The van der Waals surface area contributed by atoms with Crippen LogP contribution < -0.4 is 5.32 Å². The Balaban J connectivity index is 0.00000225. The van der Waals surface area contributed by atoms with Crippen LogP contribution in [0.3, 0.4) is 0 Å². The fourth-order valence-electron chi connectivity index (χ4n) is 1.09. The fraction of sp³-hybridized carbons (Fsp3) is 0.364. The third-order valence-electron chi connectivity index (χ3n) is 1.89. The molecule has 1 radical (unpaired) electrons. The number of nitrogens with one attached hydrogen (secondary N) is 1. The molecule has 16 heavy (non-hydrogen) atoms. The summed E-state index contributed by atoms with van der Waals surface area (Å²) in [5, 5.41) is 2.73. The number of hydrogen-bond donors (Lipinski definition) is 1. The molecule has 0 spiro atoms. The molecule has 0 aromatic heterocycles. The molecular formula is C11H12F2NSTi. The summed E-state index contributed by atoms with van der Waals surface area (Å²) in [5.41, 5.74) is 0.178. The van der Waals surface area contributed by atoms with Gasteiger partial charge in [0.15, 0.2) is 5.82 Å². The second kappa shape index (κ2) is 7.88. The van der Waals surface area contributed by atoms with Crippen molar-refractivity contribution in [3.63, 3.8) is 0 Å². The Kier molecular flexibility index (Phi) is 7.72. The van der Waals surface area contributed by atoms with E-state index in [1.165, 1.54) is 6.07 Å². The van der Waals surface area contributed by atoms with Crippen LogP contribution in [0, 0.1) is 17.7 Å². The van der Waals surface area contributed by atoms with Gasteiger partial charge in [-0.05, 0) is 25.0 Å². The van der Waals surface area contributed by atoms with Gasteiger partial charge in [-0.1, -0.05) is 25.6 Å². The van der Waals surface area contributed by atoms with Crippen LogP contribution in [-0.2, 0) is 21.7 Å². The first-order chi connectivity index (χ1) is 7.13. The third kappa shape index (κ3) is 5.15. The average Bonchev–Trinajstić information content (AvgIpc) is 2.19. The van der Waals surface area contributed by atoms with E-state index in [1.54, 1.807) is 0 Å². The molecule has 1 nitrogen and oxygen atoms in total. The normalized spacial score (nSPS) is 9.44. The minimum absolute atomic E-state index is 0. The SMILES string of the molecule is CCCCC(=S)Nc1ccc(F)[c]c1F.[Ti]. The summed E-state index contributed by atoms with van der Waals surface area (Å²) in [6.45, 7) is 2.05. The topological polar surface area (TPSA) is 12.0 Å². The molecule has 0 saturated heterocycles. The second-order valence-electron chi connectivity index (χ2n) is 3.19. The molecule has 0 aliphatic heterocycles. The van der Waals surface area contributed by atoms with Crippen LogP contribution in [0.15, 0.2) is 12.1 Å². The number of thiocarbonyl (C=S) groups is 1. The smallest absolute Gasteiger partial charge is 0.157 e. The van der Waals surface area contributed by atoms with Crippen molar-refractivity contribution in [3.05, 3.63) is 29.8 Å². The molecule has 0 saturated carbocycles. The Hall–Kier alpha value is -0.316. The number of hydrogen-bond acceptors (Lipinski definition) is 1. The van der Waals surface area contributed by atoms with E-state index in [-0.39, 0.29) is 27.4 Å². The minimum atomic E-state index is -0.742. The molecule has 0 amide bonds. The van der Waals surface area contributed by atoms with Crippen molar-refractivity contribution in [1.29, 1.82) is 0 Å². The summed E-state index contributed by atoms with van der Waals surface area (Å²) in [7, 11) is 0. The van der Waals surface area contributed by atoms with E-state index in [0.29, 0.717) is 11.4 Å². The van der Waals surface area contributed by atoms with E-state index in [0.717, 1.165) is 18.9 Å². The van der Waals surface area contributed by atoms with Crippen molar-refractivity contribution in [1.82, 2.24) is 0 Å². The number of halogens is 2. The number of benzene rings is 1. The molecule has 0 bridgehead atoms. The Bertz CT molecular complexity index is 358. The van der Waals surface area contributed by atoms with Crippen molar-refractivity contribution < 1.29 is 30.5 Å². The van der Waals surface area contributed by atoms with Gasteiger partial charge in [0.25, 0.3) is 0 Å². The van der Waals surface area contributed by atoms with Crippen LogP contribution in [0.2, 0.25) is 0 Å². The standard InChI is InChI=1S/C11H12F2NS.Ti/c1-2-3-4-11(15)14-10-6-5-8(12)7-9(10)13;/h5-6H,2-4H2,1H3,(H,14,15);. The zero-order valence-corrected chi connectivity index (χ0v) is 11.3. The molecule has 85 valence electrons. The Morgan fingerprint density at radius 2 is 2.12 bits per heavy atom. The van der Waals surface area contributed by atoms with Gasteiger partial charge in [0.1, 0.15) is 5.82 Å². The van der Waals surface area contributed by atoms with Gasteiger partial charge in [-0.25, -0.2) is 8.78 Å². The molecule has 0 atom stereocenters. The van der Waals surface area contributed by atoms with Gasteiger partial charge in [0.2, 0.25) is 0 Å². The summed E-state index contributed by atoms with van der Waals surface area (Å²) in [4.78, 5) is 0.566. The molecule has 0 heterocycles. The minimum Gasteiger partial charge on any atom is -0.348 e. The van der Waals surface area contributed by atoms with Gasteiger partial charge in [0, 0.05) is 21.7 Å². The summed E-state index contributed by atoms with van der Waals surface area (Å²) in [6.07, 6.45) is 2.70. The van der Waals surface area contributed by atoms with E-state index in [9.17, 15) is 8.78 Å². The third-order valence-corrected chi connectivity index (χ3v) is 2.20. The zero-order chi connectivity index (χ0) is 11.3. The Morgan fingerprint density at radius 1 is 1.44 bits per heavy atom. The molecule has 0 aliphatic rings. The van der Waals surface area contributed by atoms with Crippen LogP contribution in [0.25, 0.3) is 0 Å². The maximum atomic E-state index is 13.1. The van der Waals surface area contributed by atoms with E-state index in [1.807, 2.05) is 6.07 Å². The van der Waals surface area contributed by atoms with E-state index in [4.69, 9.17) is 12.2 Å². The van der Waals surface area contributed by atoms with Crippen LogP contribution in [0.5, 0.6) is 0 Å². The summed E-state index contributed by atoms with van der Waals surface area (Å²) in [5.74, 6) is -1.45. The van der Waals surface area contributed by atoms with Crippen LogP contribution >= 0.6 is 12.2 Å². The Labute approximate surface area is 115 Å². The van der Waals surface area contributed by atoms with E-state index in [2.05, 4.69) is 12.2 Å². The molecule has 0 aliphatic carbocycles. The second-order valence-corrected chi connectivity index (χ2v) is 3.68. The Morgan fingerprint density at radius 3 is 2.69 bits per heavy atom. The quantitative estimate of drug-likeness (QED) is 0.665. The molecule has 5 heteroatoms. The molecule has 0 fully saturated rings. The van der Waals surface area contributed by atoms with Gasteiger partial charge in [-0.2, -0.15) is 0 Å². The van der Waals surface area contributed by atoms with Crippen molar-refractivity contribution in [2.45, 2.75) is 26.2 Å². The largest absolute Gasteiger partial charge is 0.348 e. The van der Waals surface area contributed by atoms with Gasteiger partial charge in [0.05, 0.1) is 16.7 Å². The summed E-state index contributed by atoms with van der Waals surface area (Å²) in [6, 6.07) is 4.41. The van der Waals surface area contributed by atoms with Gasteiger partial charge < -0.3 is 5.32 Å². The van der Waals surface area contributed by atoms with Crippen LogP contribution in [0.4, 0.5) is 14.5 Å². The molecule has 0 unspecified atom stereocenters. The van der Waals surface area contributed by atoms with Crippen LogP contribution in [-0.4, -0.2) is 4.99 Å². The van der Waals surface area contributed by atoms with Crippen molar-refractivity contribution in [2.75, 3.05) is 5.32 Å². The van der Waals surface area contributed by atoms with Gasteiger partial charge >= 0.3 is 0 Å². The van der Waals surface area contributed by atoms with Gasteiger partial charge in [-0.3, -0.25) is 0 Å². The van der Waals surface area contributed by atoms with E-state index < -0.39 is 11.6 Å². The van der Waals surface area contributed by atoms with Gasteiger partial charge in [-0.15, -0.1) is 0 Å².